The highest BCUT2D eigenvalue weighted by atomic mass is 16.5. The van der Waals surface area contributed by atoms with Crippen LogP contribution in [0.4, 0.5) is 5.69 Å². The standard InChI is InChI=1S/C7H11N3O3/c1-13-3-2-10-4-5(8)6(11)9-7(10)12/h4H,2-3,8H2,1H3,(H,9,11,12). The van der Waals surface area contributed by atoms with Gasteiger partial charge in [-0.3, -0.25) is 14.3 Å². The maximum Gasteiger partial charge on any atom is 0.328 e. The molecule has 1 aromatic heterocycles. The van der Waals surface area contributed by atoms with Crippen molar-refractivity contribution in [2.45, 2.75) is 6.54 Å². The highest BCUT2D eigenvalue weighted by molar-refractivity contribution is 5.30. The minimum atomic E-state index is -0.557. The van der Waals surface area contributed by atoms with Gasteiger partial charge in [-0.25, -0.2) is 4.79 Å². The molecular weight excluding hydrogens is 174 g/mol. The number of aromatic nitrogens is 2. The summed E-state index contributed by atoms with van der Waals surface area (Å²) < 4.78 is 6.07. The van der Waals surface area contributed by atoms with Gasteiger partial charge in [-0.2, -0.15) is 0 Å². The van der Waals surface area contributed by atoms with Crippen LogP contribution in [0.1, 0.15) is 0 Å². The summed E-state index contributed by atoms with van der Waals surface area (Å²) in [5.41, 5.74) is 4.31. The number of hydrogen-bond acceptors (Lipinski definition) is 4. The van der Waals surface area contributed by atoms with Crippen molar-refractivity contribution in [2.24, 2.45) is 0 Å². The molecule has 0 aliphatic heterocycles. The van der Waals surface area contributed by atoms with Gasteiger partial charge in [0.25, 0.3) is 5.56 Å². The quantitative estimate of drug-likeness (QED) is 0.616. The number of hydrogen-bond donors (Lipinski definition) is 2. The smallest absolute Gasteiger partial charge is 0.328 e. The average Bonchev–Trinajstić information content (AvgIpc) is 2.09. The number of methoxy groups -OCH3 is 1. The van der Waals surface area contributed by atoms with E-state index in [0.29, 0.717) is 13.2 Å². The first kappa shape index (κ1) is 9.53. The van der Waals surface area contributed by atoms with Gasteiger partial charge >= 0.3 is 5.69 Å². The molecule has 1 aromatic rings. The molecule has 6 nitrogen and oxygen atoms in total. The summed E-state index contributed by atoms with van der Waals surface area (Å²) in [4.78, 5) is 24.0. The van der Waals surface area contributed by atoms with Gasteiger partial charge in [0.2, 0.25) is 0 Å². The third-order valence-corrected chi connectivity index (χ3v) is 1.57. The van der Waals surface area contributed by atoms with E-state index < -0.39 is 11.2 Å². The van der Waals surface area contributed by atoms with Crippen molar-refractivity contribution in [1.29, 1.82) is 0 Å². The van der Waals surface area contributed by atoms with Gasteiger partial charge < -0.3 is 10.5 Å². The van der Waals surface area contributed by atoms with E-state index in [1.807, 2.05) is 0 Å². The molecule has 0 fully saturated rings. The zero-order chi connectivity index (χ0) is 9.84. The van der Waals surface area contributed by atoms with Crippen molar-refractivity contribution in [3.8, 4) is 0 Å². The van der Waals surface area contributed by atoms with Crippen LogP contribution in [0.15, 0.2) is 15.8 Å². The summed E-state index contributed by atoms with van der Waals surface area (Å²) in [5, 5.41) is 0. The molecule has 0 amide bonds. The number of nitrogen functional groups attached to an aromatic ring is 1. The first-order valence-electron chi connectivity index (χ1n) is 3.73. The second kappa shape index (κ2) is 3.90. The lowest BCUT2D eigenvalue weighted by atomic mass is 10.5. The van der Waals surface area contributed by atoms with E-state index in [0.717, 1.165) is 0 Å². The Kier molecular flexibility index (Phi) is 2.86. The van der Waals surface area contributed by atoms with Gasteiger partial charge in [0, 0.05) is 13.3 Å². The zero-order valence-electron chi connectivity index (χ0n) is 7.24. The number of nitrogens with one attached hydrogen (secondary N) is 1. The van der Waals surface area contributed by atoms with Gasteiger partial charge in [0.05, 0.1) is 13.2 Å². The van der Waals surface area contributed by atoms with Gasteiger partial charge in [-0.1, -0.05) is 0 Å². The van der Waals surface area contributed by atoms with Crippen LogP contribution in [-0.4, -0.2) is 23.3 Å². The van der Waals surface area contributed by atoms with Crippen molar-refractivity contribution in [1.82, 2.24) is 9.55 Å². The third kappa shape index (κ3) is 2.19. The van der Waals surface area contributed by atoms with Crippen molar-refractivity contribution >= 4 is 5.69 Å². The molecule has 0 saturated carbocycles. The number of rotatable bonds is 3. The molecule has 0 atom stereocenters. The molecule has 0 saturated heterocycles. The van der Waals surface area contributed by atoms with Crippen LogP contribution in [0.25, 0.3) is 0 Å². The fourth-order valence-corrected chi connectivity index (χ4v) is 0.882. The van der Waals surface area contributed by atoms with Crippen LogP contribution in [0.5, 0.6) is 0 Å². The van der Waals surface area contributed by atoms with E-state index in [-0.39, 0.29) is 5.69 Å². The Morgan fingerprint density at radius 2 is 2.31 bits per heavy atom. The second-order valence-corrected chi connectivity index (χ2v) is 2.53. The number of anilines is 1. The number of H-pyrrole nitrogens is 1. The summed E-state index contributed by atoms with van der Waals surface area (Å²) in [6.45, 7) is 0.766. The van der Waals surface area contributed by atoms with E-state index in [1.54, 1.807) is 0 Å². The van der Waals surface area contributed by atoms with Crippen molar-refractivity contribution in [3.05, 3.63) is 27.0 Å². The van der Waals surface area contributed by atoms with Crippen LogP contribution < -0.4 is 17.0 Å². The fourth-order valence-electron chi connectivity index (χ4n) is 0.882. The van der Waals surface area contributed by atoms with E-state index in [2.05, 4.69) is 4.98 Å². The topological polar surface area (TPSA) is 90.1 Å². The van der Waals surface area contributed by atoms with Crippen molar-refractivity contribution in [3.63, 3.8) is 0 Å². The molecule has 0 aromatic carbocycles. The molecule has 0 radical (unpaired) electrons. The lowest BCUT2D eigenvalue weighted by Crippen LogP contribution is -2.31. The molecule has 0 aliphatic carbocycles. The van der Waals surface area contributed by atoms with Crippen molar-refractivity contribution < 1.29 is 4.74 Å². The zero-order valence-corrected chi connectivity index (χ0v) is 7.24. The largest absolute Gasteiger partial charge is 0.393 e. The molecule has 13 heavy (non-hydrogen) atoms. The highest BCUT2D eigenvalue weighted by Crippen LogP contribution is 1.86. The van der Waals surface area contributed by atoms with Crippen molar-refractivity contribution in [2.75, 3.05) is 19.5 Å². The maximum atomic E-state index is 11.1. The summed E-state index contributed by atoms with van der Waals surface area (Å²) in [5.74, 6) is 0. The highest BCUT2D eigenvalue weighted by Gasteiger charge is 1.99. The Morgan fingerprint density at radius 3 is 2.92 bits per heavy atom. The van der Waals surface area contributed by atoms with E-state index in [1.165, 1.54) is 17.9 Å². The molecule has 1 heterocycles. The second-order valence-electron chi connectivity index (χ2n) is 2.53. The number of ether oxygens (including phenoxy) is 1. The van der Waals surface area contributed by atoms with Crippen LogP contribution in [0.2, 0.25) is 0 Å². The van der Waals surface area contributed by atoms with E-state index in [4.69, 9.17) is 10.5 Å². The van der Waals surface area contributed by atoms with Gasteiger partial charge in [-0.05, 0) is 0 Å². The molecule has 3 N–H and O–H groups in total. The number of aromatic amines is 1. The number of nitrogens with zero attached hydrogens (tertiary/aromatic N) is 1. The average molecular weight is 185 g/mol. The molecule has 0 unspecified atom stereocenters. The first-order valence-corrected chi connectivity index (χ1v) is 3.73. The Labute approximate surface area is 74.0 Å². The van der Waals surface area contributed by atoms with E-state index in [9.17, 15) is 9.59 Å². The molecule has 72 valence electrons. The molecule has 6 heteroatoms. The monoisotopic (exact) mass is 185 g/mol. The summed E-state index contributed by atoms with van der Waals surface area (Å²) >= 11 is 0. The summed E-state index contributed by atoms with van der Waals surface area (Å²) in [6.07, 6.45) is 1.31. The Balaban J connectivity index is 3.02. The van der Waals surface area contributed by atoms with Gasteiger partial charge in [-0.15, -0.1) is 0 Å². The molecule has 1 rings (SSSR count). The molecule has 0 aliphatic rings. The normalized spacial score (nSPS) is 10.2. The summed E-state index contributed by atoms with van der Waals surface area (Å²) in [7, 11) is 1.53. The fraction of sp³-hybridized carbons (Fsp3) is 0.429. The summed E-state index contributed by atoms with van der Waals surface area (Å²) in [6, 6.07) is 0. The predicted octanol–water partition coefficient (Wildman–Crippen LogP) is -1.23. The predicted molar refractivity (Wildman–Crippen MR) is 47.6 cm³/mol. The maximum absolute atomic E-state index is 11.1. The molecule has 0 spiro atoms. The molecule has 0 bridgehead atoms. The lowest BCUT2D eigenvalue weighted by molar-refractivity contribution is 0.185. The van der Waals surface area contributed by atoms with Crippen LogP contribution in [-0.2, 0) is 11.3 Å². The van der Waals surface area contributed by atoms with Gasteiger partial charge in [0.1, 0.15) is 5.69 Å². The SMILES string of the molecule is COCCn1cc(N)c(=O)[nH]c1=O. The first-order chi connectivity index (χ1) is 6.15. The Hall–Kier alpha value is -1.56. The minimum Gasteiger partial charge on any atom is -0.393 e. The third-order valence-electron chi connectivity index (χ3n) is 1.57. The van der Waals surface area contributed by atoms with E-state index >= 15 is 0 Å². The number of nitrogens with two attached hydrogens (primary N) is 1. The Morgan fingerprint density at radius 1 is 1.62 bits per heavy atom. The van der Waals surface area contributed by atoms with Gasteiger partial charge in [0.15, 0.2) is 0 Å². The Bertz CT molecular complexity index is 393. The minimum absolute atomic E-state index is 0.0238. The molecular formula is C7H11N3O3. The van der Waals surface area contributed by atoms with Crippen LogP contribution >= 0.6 is 0 Å². The lowest BCUT2D eigenvalue weighted by Gasteiger charge is -2.03. The van der Waals surface area contributed by atoms with Crippen LogP contribution in [0, 0.1) is 0 Å². The van der Waals surface area contributed by atoms with Crippen LogP contribution in [0.3, 0.4) is 0 Å².